The number of rotatable bonds is 6. The maximum absolute atomic E-state index is 13.5. The standard InChI is InChI=1S/C25H20ClN5O6/c1-31(2)30-19(16(25(36)37-3)18-23(34)28-15-11-7-6-10-14(15)27-18)24(35)29-20-17(26)21(32)12-8-4-5-9-13(12)22(20)33/h4-11,16H,1-3H3,(H,28,34)(H,29,35)/b30-19+/t16-/m0/s1. The molecule has 1 heterocycles. The quantitative estimate of drug-likeness (QED) is 0.283. The molecule has 37 heavy (non-hydrogen) atoms. The molecule has 0 unspecified atom stereocenters. The van der Waals surface area contributed by atoms with Gasteiger partial charge in [0.2, 0.25) is 11.6 Å². The number of allylic oxidation sites excluding steroid dienone is 2. The molecule has 0 aliphatic heterocycles. The summed E-state index contributed by atoms with van der Waals surface area (Å²) in [6.07, 6.45) is 0. The number of halogens is 1. The number of Topliss-reactive ketones (excluding diaryl/α,β-unsaturated/α-hetero) is 2. The van der Waals surface area contributed by atoms with Crippen LogP contribution in [0.3, 0.4) is 0 Å². The van der Waals surface area contributed by atoms with Crippen LogP contribution in [0.15, 0.2) is 69.2 Å². The number of fused-ring (bicyclic) bond motifs is 2. The van der Waals surface area contributed by atoms with Gasteiger partial charge in [0.15, 0.2) is 5.92 Å². The first-order valence-corrected chi connectivity index (χ1v) is 11.2. The first-order chi connectivity index (χ1) is 17.6. The number of para-hydroxylation sites is 2. The van der Waals surface area contributed by atoms with Crippen molar-refractivity contribution < 1.29 is 23.9 Å². The van der Waals surface area contributed by atoms with Crippen LogP contribution in [0.25, 0.3) is 11.0 Å². The monoisotopic (exact) mass is 521 g/mol. The fourth-order valence-corrected chi connectivity index (χ4v) is 4.03. The molecule has 0 bridgehead atoms. The van der Waals surface area contributed by atoms with E-state index in [4.69, 9.17) is 16.3 Å². The zero-order chi connectivity index (χ0) is 26.9. The Bertz CT molecular complexity index is 1590. The first kappa shape index (κ1) is 25.5. The molecule has 11 nitrogen and oxygen atoms in total. The van der Waals surface area contributed by atoms with Gasteiger partial charge in [-0.1, -0.05) is 48.0 Å². The van der Waals surface area contributed by atoms with E-state index in [1.165, 1.54) is 31.2 Å². The maximum atomic E-state index is 13.5. The summed E-state index contributed by atoms with van der Waals surface area (Å²) in [4.78, 5) is 72.0. The molecule has 0 fully saturated rings. The van der Waals surface area contributed by atoms with Crippen molar-refractivity contribution in [1.29, 1.82) is 0 Å². The van der Waals surface area contributed by atoms with Gasteiger partial charge in [0.1, 0.15) is 22.1 Å². The van der Waals surface area contributed by atoms with Crippen molar-refractivity contribution in [2.75, 3.05) is 21.2 Å². The summed E-state index contributed by atoms with van der Waals surface area (Å²) < 4.78 is 4.87. The Morgan fingerprint density at radius 1 is 1.03 bits per heavy atom. The molecule has 1 amide bonds. The highest BCUT2D eigenvalue weighted by Crippen LogP contribution is 2.27. The Hall–Kier alpha value is -4.64. The fraction of sp³-hybridized carbons (Fsp3) is 0.160. The van der Waals surface area contributed by atoms with E-state index < -0.39 is 51.4 Å². The number of H-pyrrole nitrogens is 1. The molecule has 0 saturated heterocycles. The molecule has 3 aromatic rings. The Kier molecular flexibility index (Phi) is 6.98. The third kappa shape index (κ3) is 4.76. The van der Waals surface area contributed by atoms with Gasteiger partial charge in [-0.25, -0.2) is 4.98 Å². The highest BCUT2D eigenvalue weighted by Gasteiger charge is 2.39. The second-order valence-corrected chi connectivity index (χ2v) is 8.48. The Balaban J connectivity index is 1.82. The van der Waals surface area contributed by atoms with Crippen molar-refractivity contribution >= 4 is 51.8 Å². The predicted molar refractivity (Wildman–Crippen MR) is 134 cm³/mol. The molecular formula is C25H20ClN5O6. The molecule has 1 aliphatic carbocycles. The summed E-state index contributed by atoms with van der Waals surface area (Å²) in [5.74, 6) is -5.10. The largest absolute Gasteiger partial charge is 0.468 e. The third-order valence-electron chi connectivity index (χ3n) is 5.45. The van der Waals surface area contributed by atoms with Crippen LogP contribution in [0.2, 0.25) is 0 Å². The number of carbonyl (C=O) groups is 4. The molecule has 1 atom stereocenters. The van der Waals surface area contributed by atoms with Crippen LogP contribution in [0.1, 0.15) is 32.3 Å². The fourth-order valence-electron chi connectivity index (χ4n) is 3.79. The van der Waals surface area contributed by atoms with Gasteiger partial charge in [-0.15, -0.1) is 0 Å². The number of nitrogens with one attached hydrogen (secondary N) is 2. The van der Waals surface area contributed by atoms with Gasteiger partial charge in [0.05, 0.1) is 18.1 Å². The van der Waals surface area contributed by atoms with E-state index >= 15 is 0 Å². The molecule has 1 aromatic heterocycles. The third-order valence-corrected chi connectivity index (χ3v) is 5.81. The number of carbonyl (C=O) groups excluding carboxylic acids is 4. The summed E-state index contributed by atoms with van der Waals surface area (Å²) in [6, 6.07) is 12.6. The first-order valence-electron chi connectivity index (χ1n) is 10.9. The second-order valence-electron chi connectivity index (χ2n) is 8.10. The summed E-state index contributed by atoms with van der Waals surface area (Å²) in [5.41, 5.74) is -1.18. The van der Waals surface area contributed by atoms with E-state index in [0.29, 0.717) is 11.0 Å². The van der Waals surface area contributed by atoms with Crippen LogP contribution in [0, 0.1) is 0 Å². The topological polar surface area (TPSA) is 151 Å². The molecule has 2 aromatic carbocycles. The number of ether oxygens (including phenoxy) is 1. The predicted octanol–water partition coefficient (Wildman–Crippen LogP) is 1.74. The lowest BCUT2D eigenvalue weighted by Crippen LogP contribution is -2.43. The van der Waals surface area contributed by atoms with Gasteiger partial charge in [-0.2, -0.15) is 5.10 Å². The highest BCUT2D eigenvalue weighted by molar-refractivity contribution is 6.51. The smallest absolute Gasteiger partial charge is 0.321 e. The average Bonchev–Trinajstić information content (AvgIpc) is 2.89. The number of esters is 1. The molecule has 4 rings (SSSR count). The van der Waals surface area contributed by atoms with Crippen LogP contribution in [-0.4, -0.2) is 65.3 Å². The number of ketones is 2. The lowest BCUT2D eigenvalue weighted by molar-refractivity contribution is -0.141. The van der Waals surface area contributed by atoms with Crippen LogP contribution >= 0.6 is 11.6 Å². The van der Waals surface area contributed by atoms with Crippen molar-refractivity contribution in [3.8, 4) is 0 Å². The van der Waals surface area contributed by atoms with E-state index in [-0.39, 0.29) is 16.8 Å². The minimum absolute atomic E-state index is 0.0513. The number of amides is 1. The van der Waals surface area contributed by atoms with E-state index in [2.05, 4.69) is 20.4 Å². The van der Waals surface area contributed by atoms with Crippen molar-refractivity contribution in [3.63, 3.8) is 0 Å². The van der Waals surface area contributed by atoms with Crippen molar-refractivity contribution in [1.82, 2.24) is 20.3 Å². The zero-order valence-electron chi connectivity index (χ0n) is 19.9. The second kappa shape index (κ2) is 10.2. The van der Waals surface area contributed by atoms with E-state index in [9.17, 15) is 24.0 Å². The number of aromatic nitrogens is 2. The summed E-state index contributed by atoms with van der Waals surface area (Å²) >= 11 is 6.17. The van der Waals surface area contributed by atoms with Gasteiger partial charge in [-0.3, -0.25) is 24.0 Å². The van der Waals surface area contributed by atoms with E-state index in [1.54, 1.807) is 36.4 Å². The van der Waals surface area contributed by atoms with Gasteiger partial charge in [0.25, 0.3) is 11.5 Å². The van der Waals surface area contributed by atoms with Crippen molar-refractivity contribution in [3.05, 3.63) is 86.4 Å². The van der Waals surface area contributed by atoms with Crippen molar-refractivity contribution in [2.24, 2.45) is 5.10 Å². The number of aromatic amines is 1. The molecule has 12 heteroatoms. The van der Waals surface area contributed by atoms with Crippen LogP contribution in [0.5, 0.6) is 0 Å². The van der Waals surface area contributed by atoms with Gasteiger partial charge in [-0.05, 0) is 12.1 Å². The number of hydrogen-bond donors (Lipinski definition) is 2. The SMILES string of the molecule is COC(=O)[C@H](/C(=N\N(C)C)C(=O)NC1=C(Cl)C(=O)c2ccccc2C1=O)c1nc2ccccc2[nH]c1=O. The van der Waals surface area contributed by atoms with Crippen LogP contribution in [0.4, 0.5) is 0 Å². The molecule has 0 saturated carbocycles. The molecule has 0 radical (unpaired) electrons. The summed E-state index contributed by atoms with van der Waals surface area (Å²) in [5, 5.41) is 7.14. The molecule has 0 spiro atoms. The van der Waals surface area contributed by atoms with Gasteiger partial charge < -0.3 is 20.0 Å². The number of benzene rings is 2. The number of nitrogens with zero attached hydrogens (tertiary/aromatic N) is 3. The minimum atomic E-state index is -1.68. The maximum Gasteiger partial charge on any atom is 0.321 e. The van der Waals surface area contributed by atoms with Crippen LogP contribution in [-0.2, 0) is 14.3 Å². The zero-order valence-corrected chi connectivity index (χ0v) is 20.6. The highest BCUT2D eigenvalue weighted by atomic mass is 35.5. The summed E-state index contributed by atoms with van der Waals surface area (Å²) in [7, 11) is 4.05. The van der Waals surface area contributed by atoms with Crippen molar-refractivity contribution in [2.45, 2.75) is 5.92 Å². The molecule has 188 valence electrons. The Morgan fingerprint density at radius 3 is 2.30 bits per heavy atom. The Morgan fingerprint density at radius 2 is 1.65 bits per heavy atom. The van der Waals surface area contributed by atoms with E-state index in [0.717, 1.165) is 7.11 Å². The minimum Gasteiger partial charge on any atom is -0.468 e. The lowest BCUT2D eigenvalue weighted by Gasteiger charge is -2.21. The number of hydrazone groups is 1. The normalized spacial score (nSPS) is 14.3. The average molecular weight is 522 g/mol. The molecule has 1 aliphatic rings. The van der Waals surface area contributed by atoms with Crippen LogP contribution < -0.4 is 10.9 Å². The number of hydrogen-bond acceptors (Lipinski definition) is 9. The van der Waals surface area contributed by atoms with E-state index in [1.807, 2.05) is 0 Å². The Labute approximate surface area is 214 Å². The molecular weight excluding hydrogens is 502 g/mol. The summed E-state index contributed by atoms with van der Waals surface area (Å²) in [6.45, 7) is 0. The lowest BCUT2D eigenvalue weighted by atomic mass is 9.92. The number of methoxy groups -OCH3 is 1. The van der Waals surface area contributed by atoms with Gasteiger partial charge >= 0.3 is 5.97 Å². The van der Waals surface area contributed by atoms with Gasteiger partial charge in [0, 0.05) is 25.2 Å². The molecule has 2 N–H and O–H groups in total.